The standard InChI is InChI=1S/C31H47N3O7/c1-31(2,3)41-30(39)33-17-14-22(15-18-33)11-13-27(35)34-16-6-8-24(21-34)29(38)32-25(20-28(36)37)12-10-23-7-5-9-26(19-23)40-4/h5,7,9,19,22,24-25H,6,8,10-18,20-21H2,1-4H3,(H,32,38)(H,36,37)/t24-,25-/m1/s1. The van der Waals surface area contributed by atoms with Crippen molar-refractivity contribution in [1.82, 2.24) is 15.1 Å². The van der Waals surface area contributed by atoms with Gasteiger partial charge in [0.05, 0.1) is 19.4 Å². The summed E-state index contributed by atoms with van der Waals surface area (Å²) < 4.78 is 10.7. The molecule has 2 atom stereocenters. The largest absolute Gasteiger partial charge is 0.497 e. The van der Waals surface area contributed by atoms with Crippen LogP contribution in [-0.4, -0.2) is 83.7 Å². The van der Waals surface area contributed by atoms with Crippen LogP contribution in [0.15, 0.2) is 24.3 Å². The summed E-state index contributed by atoms with van der Waals surface area (Å²) in [4.78, 5) is 53.5. The van der Waals surface area contributed by atoms with Crippen LogP contribution < -0.4 is 10.1 Å². The second kappa shape index (κ2) is 15.1. The van der Waals surface area contributed by atoms with Gasteiger partial charge in [0.1, 0.15) is 11.4 Å². The van der Waals surface area contributed by atoms with Crippen LogP contribution in [0.4, 0.5) is 4.79 Å². The van der Waals surface area contributed by atoms with Crippen molar-refractivity contribution in [2.75, 3.05) is 33.3 Å². The van der Waals surface area contributed by atoms with Gasteiger partial charge in [0.25, 0.3) is 0 Å². The summed E-state index contributed by atoms with van der Waals surface area (Å²) in [7, 11) is 1.60. The van der Waals surface area contributed by atoms with Gasteiger partial charge in [-0.25, -0.2) is 4.79 Å². The fraction of sp³-hybridized carbons (Fsp3) is 0.677. The molecule has 3 rings (SSSR count). The Morgan fingerprint density at radius 2 is 1.80 bits per heavy atom. The monoisotopic (exact) mass is 573 g/mol. The van der Waals surface area contributed by atoms with Gasteiger partial charge in [0.15, 0.2) is 0 Å². The fourth-order valence-electron chi connectivity index (χ4n) is 5.56. The molecule has 0 saturated carbocycles. The van der Waals surface area contributed by atoms with E-state index in [4.69, 9.17) is 9.47 Å². The zero-order chi connectivity index (χ0) is 30.0. The molecule has 1 aromatic carbocycles. The number of hydrogen-bond donors (Lipinski definition) is 2. The van der Waals surface area contributed by atoms with Crippen LogP contribution in [0.25, 0.3) is 0 Å². The summed E-state index contributed by atoms with van der Waals surface area (Å²) in [5, 5.41) is 12.4. The number of carbonyl (C=O) groups is 4. The molecule has 0 radical (unpaired) electrons. The number of carboxylic acids is 1. The van der Waals surface area contributed by atoms with Crippen LogP contribution in [0.5, 0.6) is 5.75 Å². The lowest BCUT2D eigenvalue weighted by molar-refractivity contribution is -0.138. The second-order valence-corrected chi connectivity index (χ2v) is 12.3. The second-order valence-electron chi connectivity index (χ2n) is 12.3. The molecular weight excluding hydrogens is 526 g/mol. The van der Waals surface area contributed by atoms with Crippen LogP contribution in [0.2, 0.25) is 0 Å². The molecule has 2 N–H and O–H groups in total. The highest BCUT2D eigenvalue weighted by Gasteiger charge is 2.31. The lowest BCUT2D eigenvalue weighted by atomic mass is 9.91. The van der Waals surface area contributed by atoms with E-state index < -0.39 is 17.6 Å². The third-order valence-electron chi connectivity index (χ3n) is 7.86. The van der Waals surface area contributed by atoms with Crippen LogP contribution in [-0.2, 0) is 25.5 Å². The number of nitrogens with one attached hydrogen (secondary N) is 1. The quantitative estimate of drug-likeness (QED) is 0.405. The summed E-state index contributed by atoms with van der Waals surface area (Å²) >= 11 is 0. The topological polar surface area (TPSA) is 125 Å². The minimum atomic E-state index is -0.960. The third kappa shape index (κ3) is 10.9. The van der Waals surface area contributed by atoms with Crippen molar-refractivity contribution in [2.24, 2.45) is 11.8 Å². The number of aliphatic carboxylic acids is 1. The van der Waals surface area contributed by atoms with Gasteiger partial charge in [0, 0.05) is 38.6 Å². The first-order chi connectivity index (χ1) is 19.4. The van der Waals surface area contributed by atoms with Gasteiger partial charge in [0.2, 0.25) is 11.8 Å². The van der Waals surface area contributed by atoms with Crippen molar-refractivity contribution >= 4 is 23.9 Å². The number of carboxylic acid groups (broad SMARTS) is 1. The summed E-state index contributed by atoms with van der Waals surface area (Å²) in [5.74, 6) is -0.329. The maximum absolute atomic E-state index is 13.1. The molecule has 2 aliphatic rings. The smallest absolute Gasteiger partial charge is 0.410 e. The van der Waals surface area contributed by atoms with E-state index in [1.54, 1.807) is 16.9 Å². The number of piperidine rings is 2. The number of likely N-dealkylation sites (tertiary alicyclic amines) is 2. The number of aryl methyl sites for hydroxylation is 1. The minimum absolute atomic E-state index is 0.0529. The molecule has 10 nitrogen and oxygen atoms in total. The SMILES string of the molecule is COc1cccc(CC[C@H](CC(=O)O)NC(=O)[C@@H]2CCCN(C(=O)CCC3CCN(C(=O)OC(C)(C)C)CC3)C2)c1. The molecule has 3 amide bonds. The molecule has 0 spiro atoms. The van der Waals surface area contributed by atoms with Gasteiger partial charge in [-0.15, -0.1) is 0 Å². The molecule has 1 aromatic rings. The molecule has 10 heteroatoms. The first-order valence-corrected chi connectivity index (χ1v) is 14.8. The normalized spacial score (nSPS) is 18.9. The van der Waals surface area contributed by atoms with Crippen molar-refractivity contribution in [3.05, 3.63) is 29.8 Å². The summed E-state index contributed by atoms with van der Waals surface area (Å²) in [6.45, 7) is 7.83. The Labute approximate surface area is 243 Å². The van der Waals surface area contributed by atoms with E-state index >= 15 is 0 Å². The first kappa shape index (κ1) is 32.2. The zero-order valence-corrected chi connectivity index (χ0v) is 25.0. The number of rotatable bonds is 11. The van der Waals surface area contributed by atoms with Crippen molar-refractivity contribution < 1.29 is 33.8 Å². The molecule has 228 valence electrons. The number of carbonyl (C=O) groups excluding carboxylic acids is 3. The van der Waals surface area contributed by atoms with E-state index in [2.05, 4.69) is 5.32 Å². The molecule has 0 unspecified atom stereocenters. The summed E-state index contributed by atoms with van der Waals surface area (Å²) in [5.41, 5.74) is 0.497. The lowest BCUT2D eigenvalue weighted by Gasteiger charge is -2.35. The van der Waals surface area contributed by atoms with Crippen molar-refractivity contribution in [3.63, 3.8) is 0 Å². The Hall–Kier alpha value is -3.30. The van der Waals surface area contributed by atoms with Gasteiger partial charge < -0.3 is 29.7 Å². The lowest BCUT2D eigenvalue weighted by Crippen LogP contribution is -2.48. The van der Waals surface area contributed by atoms with Crippen LogP contribution in [0, 0.1) is 11.8 Å². The summed E-state index contributed by atoms with van der Waals surface area (Å²) in [6.07, 6.45) is 4.96. The number of hydrogen-bond acceptors (Lipinski definition) is 6. The number of nitrogens with zero attached hydrogens (tertiary/aromatic N) is 2. The fourth-order valence-corrected chi connectivity index (χ4v) is 5.56. The highest BCUT2D eigenvalue weighted by atomic mass is 16.6. The average Bonchev–Trinajstić information content (AvgIpc) is 2.93. The third-order valence-corrected chi connectivity index (χ3v) is 7.86. The number of amides is 3. The van der Waals surface area contributed by atoms with Gasteiger partial charge in [-0.1, -0.05) is 12.1 Å². The zero-order valence-electron chi connectivity index (χ0n) is 25.0. The number of ether oxygens (including phenoxy) is 2. The van der Waals surface area contributed by atoms with Crippen LogP contribution in [0.3, 0.4) is 0 Å². The van der Waals surface area contributed by atoms with Gasteiger partial charge in [-0.2, -0.15) is 0 Å². The van der Waals surface area contributed by atoms with E-state index in [1.807, 2.05) is 45.0 Å². The molecular formula is C31H47N3O7. The van der Waals surface area contributed by atoms with Crippen LogP contribution in [0.1, 0.15) is 77.7 Å². The van der Waals surface area contributed by atoms with E-state index in [0.29, 0.717) is 57.8 Å². The van der Waals surface area contributed by atoms with Gasteiger partial charge in [-0.05, 0) is 89.3 Å². The maximum Gasteiger partial charge on any atom is 0.410 e. The van der Waals surface area contributed by atoms with E-state index in [0.717, 1.165) is 37.0 Å². The molecule has 2 aliphatic heterocycles. The Balaban J connectivity index is 1.44. The van der Waals surface area contributed by atoms with Gasteiger partial charge >= 0.3 is 12.1 Å². The predicted molar refractivity (Wildman–Crippen MR) is 155 cm³/mol. The molecule has 2 heterocycles. The Bertz CT molecular complexity index is 1050. The van der Waals surface area contributed by atoms with E-state index in [9.17, 15) is 24.3 Å². The predicted octanol–water partition coefficient (Wildman–Crippen LogP) is 4.25. The molecule has 41 heavy (non-hydrogen) atoms. The Kier molecular flexibility index (Phi) is 11.8. The minimum Gasteiger partial charge on any atom is -0.497 e. The van der Waals surface area contributed by atoms with E-state index in [1.165, 1.54) is 0 Å². The Morgan fingerprint density at radius 1 is 1.07 bits per heavy atom. The first-order valence-electron chi connectivity index (χ1n) is 14.8. The molecule has 2 saturated heterocycles. The maximum atomic E-state index is 13.1. The van der Waals surface area contributed by atoms with Gasteiger partial charge in [-0.3, -0.25) is 14.4 Å². The molecule has 0 aliphatic carbocycles. The average molecular weight is 574 g/mol. The van der Waals surface area contributed by atoms with Crippen molar-refractivity contribution in [2.45, 2.75) is 90.2 Å². The highest BCUT2D eigenvalue weighted by molar-refractivity contribution is 5.82. The molecule has 0 aromatic heterocycles. The van der Waals surface area contributed by atoms with Crippen molar-refractivity contribution in [3.8, 4) is 5.75 Å². The van der Waals surface area contributed by atoms with Crippen LogP contribution >= 0.6 is 0 Å². The molecule has 0 bridgehead atoms. The van der Waals surface area contributed by atoms with E-state index in [-0.39, 0.29) is 30.2 Å². The highest BCUT2D eigenvalue weighted by Crippen LogP contribution is 2.25. The number of benzene rings is 1. The summed E-state index contributed by atoms with van der Waals surface area (Å²) in [6, 6.07) is 7.11. The van der Waals surface area contributed by atoms with Crippen molar-refractivity contribution in [1.29, 1.82) is 0 Å². The number of methoxy groups -OCH3 is 1. The molecule has 2 fully saturated rings. The Morgan fingerprint density at radius 3 is 2.46 bits per heavy atom.